The Morgan fingerprint density at radius 2 is 2.14 bits per heavy atom. The molecule has 0 heterocycles. The Morgan fingerprint density at radius 1 is 1.48 bits per heavy atom. The molecular formula is C15H17ClN2O3. The van der Waals surface area contributed by atoms with Crippen molar-refractivity contribution in [3.05, 3.63) is 34.9 Å². The van der Waals surface area contributed by atoms with Crippen molar-refractivity contribution in [3.63, 3.8) is 0 Å². The van der Waals surface area contributed by atoms with E-state index in [1.165, 1.54) is 13.1 Å². The summed E-state index contributed by atoms with van der Waals surface area (Å²) in [6.45, 7) is 7.25. The van der Waals surface area contributed by atoms with Crippen LogP contribution in [0, 0.1) is 0 Å². The average molecular weight is 309 g/mol. The molecule has 1 aromatic carbocycles. The number of nitrogens with zero attached hydrogens (tertiary/aromatic N) is 2. The van der Waals surface area contributed by atoms with Crippen molar-refractivity contribution < 1.29 is 14.6 Å². The summed E-state index contributed by atoms with van der Waals surface area (Å²) in [6, 6.07) is 5.09. The molecule has 21 heavy (non-hydrogen) atoms. The fourth-order valence-corrected chi connectivity index (χ4v) is 1.81. The third-order valence-corrected chi connectivity index (χ3v) is 2.79. The van der Waals surface area contributed by atoms with E-state index in [2.05, 4.69) is 16.7 Å². The maximum absolute atomic E-state index is 11.0. The number of carboxylic acid groups (broad SMARTS) is 1. The Bertz CT molecular complexity index is 607. The van der Waals surface area contributed by atoms with E-state index in [0.29, 0.717) is 22.0 Å². The number of hydrogen-bond donors (Lipinski definition) is 1. The fourth-order valence-electron chi connectivity index (χ4n) is 1.58. The number of aliphatic carboxylic acids is 1. The lowest BCUT2D eigenvalue weighted by atomic mass is 10.1. The van der Waals surface area contributed by atoms with Gasteiger partial charge in [-0.25, -0.2) is 4.79 Å². The second-order valence-electron chi connectivity index (χ2n) is 4.41. The van der Waals surface area contributed by atoms with E-state index in [0.717, 1.165) is 0 Å². The van der Waals surface area contributed by atoms with Crippen molar-refractivity contribution in [2.24, 2.45) is 9.98 Å². The van der Waals surface area contributed by atoms with Gasteiger partial charge in [0.05, 0.1) is 16.8 Å². The zero-order chi connectivity index (χ0) is 16.0. The molecule has 112 valence electrons. The van der Waals surface area contributed by atoms with Gasteiger partial charge in [0.15, 0.2) is 0 Å². The molecule has 0 bridgehead atoms. The number of halogens is 1. The molecule has 1 aromatic rings. The Morgan fingerprint density at radius 3 is 2.57 bits per heavy atom. The number of ether oxygens (including phenoxy) is 1. The number of rotatable bonds is 6. The summed E-state index contributed by atoms with van der Waals surface area (Å²) in [5.74, 6) is -0.578. The maximum Gasteiger partial charge on any atom is 0.354 e. The topological polar surface area (TPSA) is 71.2 Å². The molecule has 0 unspecified atom stereocenters. The van der Waals surface area contributed by atoms with E-state index in [1.807, 2.05) is 13.8 Å². The SMILES string of the molecule is C=N/C(=C\C(=NC)C(=O)O)c1ccc(OC(C)C)c(Cl)c1. The van der Waals surface area contributed by atoms with Gasteiger partial charge in [0.25, 0.3) is 0 Å². The van der Waals surface area contributed by atoms with Crippen molar-refractivity contribution in [3.8, 4) is 5.75 Å². The molecule has 1 rings (SSSR count). The normalized spacial score (nSPS) is 12.4. The lowest BCUT2D eigenvalue weighted by Crippen LogP contribution is -2.10. The van der Waals surface area contributed by atoms with Crippen LogP contribution in [0.1, 0.15) is 19.4 Å². The highest BCUT2D eigenvalue weighted by molar-refractivity contribution is 6.41. The van der Waals surface area contributed by atoms with Gasteiger partial charge >= 0.3 is 5.97 Å². The van der Waals surface area contributed by atoms with Crippen LogP contribution in [0.3, 0.4) is 0 Å². The van der Waals surface area contributed by atoms with E-state index in [1.54, 1.807) is 18.2 Å². The van der Waals surface area contributed by atoms with Crippen molar-refractivity contribution in [2.75, 3.05) is 7.05 Å². The van der Waals surface area contributed by atoms with Gasteiger partial charge in [-0.2, -0.15) is 0 Å². The maximum atomic E-state index is 11.0. The van der Waals surface area contributed by atoms with Crippen LogP contribution in [0.5, 0.6) is 5.75 Å². The largest absolute Gasteiger partial charge is 0.489 e. The summed E-state index contributed by atoms with van der Waals surface area (Å²) in [5, 5.41) is 9.40. The van der Waals surface area contributed by atoms with Gasteiger partial charge in [-0.3, -0.25) is 9.98 Å². The minimum absolute atomic E-state index is 0.00623. The molecule has 6 heteroatoms. The predicted octanol–water partition coefficient (Wildman–Crippen LogP) is 3.32. The van der Waals surface area contributed by atoms with Gasteiger partial charge < -0.3 is 9.84 Å². The van der Waals surface area contributed by atoms with E-state index in [4.69, 9.17) is 21.4 Å². The summed E-state index contributed by atoms with van der Waals surface area (Å²) in [6.07, 6.45) is 1.34. The molecule has 0 aliphatic heterocycles. The highest BCUT2D eigenvalue weighted by Crippen LogP contribution is 2.29. The monoisotopic (exact) mass is 308 g/mol. The number of benzene rings is 1. The van der Waals surface area contributed by atoms with Gasteiger partial charge in [-0.15, -0.1) is 0 Å². The number of hydrogen-bond acceptors (Lipinski definition) is 4. The van der Waals surface area contributed by atoms with Crippen LogP contribution in [-0.4, -0.2) is 36.7 Å². The number of aliphatic imine (C=N–C) groups is 2. The molecule has 0 atom stereocenters. The third-order valence-electron chi connectivity index (χ3n) is 2.49. The standard InChI is InChI=1S/C15H17ClN2O3/c1-9(2)21-14-6-5-10(7-11(14)16)12(17-3)8-13(18-4)15(19)20/h5-9H,3H2,1-2,4H3,(H,19,20)/b12-8-,18-13?. The molecule has 5 nitrogen and oxygen atoms in total. The summed E-state index contributed by atoms with van der Waals surface area (Å²) >= 11 is 6.15. The van der Waals surface area contributed by atoms with Gasteiger partial charge in [0.2, 0.25) is 0 Å². The number of carboxylic acids is 1. The van der Waals surface area contributed by atoms with Crippen LogP contribution in [0.2, 0.25) is 5.02 Å². The summed E-state index contributed by atoms with van der Waals surface area (Å²) in [5.41, 5.74) is 0.889. The molecule has 0 amide bonds. The molecule has 0 spiro atoms. The van der Waals surface area contributed by atoms with Crippen molar-refractivity contribution in [1.29, 1.82) is 0 Å². The highest BCUT2D eigenvalue weighted by Gasteiger charge is 2.10. The van der Waals surface area contributed by atoms with Crippen LogP contribution in [0.25, 0.3) is 5.70 Å². The minimum atomic E-state index is -1.13. The van der Waals surface area contributed by atoms with E-state index in [-0.39, 0.29) is 11.8 Å². The quantitative estimate of drug-likeness (QED) is 0.819. The molecule has 1 N–H and O–H groups in total. The zero-order valence-electron chi connectivity index (χ0n) is 12.1. The minimum Gasteiger partial charge on any atom is -0.489 e. The molecule has 0 radical (unpaired) electrons. The second kappa shape index (κ2) is 7.59. The van der Waals surface area contributed by atoms with E-state index in [9.17, 15) is 4.79 Å². The van der Waals surface area contributed by atoms with Gasteiger partial charge in [0, 0.05) is 12.6 Å². The van der Waals surface area contributed by atoms with Crippen LogP contribution < -0.4 is 4.74 Å². The first-order chi connectivity index (χ1) is 9.88. The first kappa shape index (κ1) is 16.9. The lowest BCUT2D eigenvalue weighted by molar-refractivity contribution is -0.129. The summed E-state index contributed by atoms with van der Waals surface area (Å²) in [7, 11) is 1.40. The first-order valence-electron chi connectivity index (χ1n) is 6.24. The predicted molar refractivity (Wildman–Crippen MR) is 85.7 cm³/mol. The van der Waals surface area contributed by atoms with Crippen LogP contribution in [0.4, 0.5) is 0 Å². The second-order valence-corrected chi connectivity index (χ2v) is 4.82. The molecule has 0 aromatic heterocycles. The Kier molecular flexibility index (Phi) is 6.11. The Balaban J connectivity index is 3.19. The third kappa shape index (κ3) is 4.72. The average Bonchev–Trinajstić information content (AvgIpc) is 2.41. The first-order valence-corrected chi connectivity index (χ1v) is 6.62. The molecular weight excluding hydrogens is 292 g/mol. The van der Waals surface area contributed by atoms with Crippen LogP contribution in [-0.2, 0) is 4.79 Å². The molecule has 0 saturated heterocycles. The summed E-state index contributed by atoms with van der Waals surface area (Å²) in [4.78, 5) is 18.5. The Hall–Kier alpha value is -2.14. The van der Waals surface area contributed by atoms with Crippen molar-refractivity contribution in [2.45, 2.75) is 20.0 Å². The van der Waals surface area contributed by atoms with Crippen LogP contribution >= 0.6 is 11.6 Å². The van der Waals surface area contributed by atoms with Gasteiger partial charge in [-0.05, 0) is 44.8 Å². The lowest BCUT2D eigenvalue weighted by Gasteiger charge is -2.12. The van der Waals surface area contributed by atoms with Crippen molar-refractivity contribution in [1.82, 2.24) is 0 Å². The van der Waals surface area contributed by atoms with Gasteiger partial charge in [-0.1, -0.05) is 11.6 Å². The molecule has 0 fully saturated rings. The summed E-state index contributed by atoms with van der Waals surface area (Å²) < 4.78 is 5.54. The number of carbonyl (C=O) groups is 1. The van der Waals surface area contributed by atoms with E-state index >= 15 is 0 Å². The smallest absolute Gasteiger partial charge is 0.354 e. The van der Waals surface area contributed by atoms with Crippen LogP contribution in [0.15, 0.2) is 34.3 Å². The Labute approximate surface area is 128 Å². The van der Waals surface area contributed by atoms with Crippen molar-refractivity contribution >= 4 is 35.7 Å². The van der Waals surface area contributed by atoms with Gasteiger partial charge in [0.1, 0.15) is 11.5 Å². The molecule has 0 aliphatic rings. The van der Waals surface area contributed by atoms with E-state index < -0.39 is 5.97 Å². The fraction of sp³-hybridized carbons (Fsp3) is 0.267. The zero-order valence-corrected chi connectivity index (χ0v) is 12.9. The molecule has 0 aliphatic carbocycles. The highest BCUT2D eigenvalue weighted by atomic mass is 35.5. The molecule has 0 saturated carbocycles.